The lowest BCUT2D eigenvalue weighted by Crippen LogP contribution is -2.51. The zero-order chi connectivity index (χ0) is 25.1. The Balaban J connectivity index is 2.44. The van der Waals surface area contributed by atoms with Crippen LogP contribution in [0.3, 0.4) is 0 Å². The maximum Gasteiger partial charge on any atom is 0.513 e. The predicted molar refractivity (Wildman–Crippen MR) is 121 cm³/mol. The summed E-state index contributed by atoms with van der Waals surface area (Å²) in [5.74, 6) is -3.93. The van der Waals surface area contributed by atoms with E-state index in [1.165, 1.54) is 25.1 Å². The summed E-state index contributed by atoms with van der Waals surface area (Å²) in [5.41, 5.74) is -0.284. The van der Waals surface area contributed by atoms with E-state index < -0.39 is 54.7 Å². The van der Waals surface area contributed by atoms with Gasteiger partial charge in [-0.2, -0.15) is 5.26 Å². The van der Waals surface area contributed by atoms with Crippen molar-refractivity contribution >= 4 is 21.7 Å². The zero-order valence-corrected chi connectivity index (χ0v) is 19.2. The van der Waals surface area contributed by atoms with Gasteiger partial charge in [-0.3, -0.25) is 10.1 Å². The molecule has 1 aliphatic carbocycles. The van der Waals surface area contributed by atoms with Crippen LogP contribution in [-0.4, -0.2) is 42.2 Å². The highest BCUT2D eigenvalue weighted by atomic mass is 32.2. The van der Waals surface area contributed by atoms with Gasteiger partial charge < -0.3 is 14.6 Å². The van der Waals surface area contributed by atoms with E-state index in [4.69, 9.17) is 9.47 Å². The first-order valence-corrected chi connectivity index (χ1v) is 12.1. The van der Waals surface area contributed by atoms with Crippen molar-refractivity contribution in [3.8, 4) is 6.07 Å². The number of allylic oxidation sites excluding steroid dienone is 2. The molecule has 1 N–H and O–H groups in total. The number of carbonyl (C=O) groups excluding carboxylic acids is 1. The fraction of sp³-hybridized carbons (Fsp3) is 0.304. The monoisotopic (exact) mass is 486 g/mol. The number of benzene rings is 2. The number of nitrogens with zero attached hydrogens (tertiary/aromatic N) is 2. The van der Waals surface area contributed by atoms with Gasteiger partial charge in [-0.25, -0.2) is 13.2 Å². The summed E-state index contributed by atoms with van der Waals surface area (Å²) >= 11 is 0. The summed E-state index contributed by atoms with van der Waals surface area (Å²) in [7, 11) is -4.34. The first-order chi connectivity index (χ1) is 16.1. The molecule has 0 bridgehead atoms. The van der Waals surface area contributed by atoms with Gasteiger partial charge >= 0.3 is 6.16 Å². The molecule has 3 atom stereocenters. The van der Waals surface area contributed by atoms with E-state index >= 15 is 0 Å². The predicted octanol–water partition coefficient (Wildman–Crippen LogP) is 4.12. The maximum atomic E-state index is 13.4. The van der Waals surface area contributed by atoms with E-state index in [1.54, 1.807) is 30.3 Å². The summed E-state index contributed by atoms with van der Waals surface area (Å²) in [6.45, 7) is 1.43. The summed E-state index contributed by atoms with van der Waals surface area (Å²) < 4.78 is 34.4. The van der Waals surface area contributed by atoms with Gasteiger partial charge in [-0.1, -0.05) is 48.5 Å². The normalized spacial score (nSPS) is 22.5. The second-order valence-electron chi connectivity index (χ2n) is 7.69. The second-order valence-corrected chi connectivity index (χ2v) is 9.91. The average Bonchev–Trinajstić information content (AvgIpc) is 2.79. The smallest absolute Gasteiger partial charge is 0.509 e. The minimum atomic E-state index is -4.34. The van der Waals surface area contributed by atoms with Crippen molar-refractivity contribution in [1.29, 1.82) is 5.26 Å². The zero-order valence-electron chi connectivity index (χ0n) is 18.4. The van der Waals surface area contributed by atoms with E-state index in [0.29, 0.717) is 5.56 Å². The van der Waals surface area contributed by atoms with Crippen LogP contribution in [0.15, 0.2) is 66.1 Å². The van der Waals surface area contributed by atoms with Gasteiger partial charge in [0.1, 0.15) is 5.76 Å². The fourth-order valence-electron chi connectivity index (χ4n) is 4.38. The number of aliphatic hydroxyl groups is 1. The Labute approximate surface area is 196 Å². The van der Waals surface area contributed by atoms with Crippen LogP contribution in [0.1, 0.15) is 36.3 Å². The summed E-state index contributed by atoms with van der Waals surface area (Å²) in [5, 5.41) is 33.2. The van der Waals surface area contributed by atoms with Crippen LogP contribution in [0.2, 0.25) is 0 Å². The summed E-state index contributed by atoms with van der Waals surface area (Å²) in [6.07, 6.45) is -0.763. The molecule has 0 saturated carbocycles. The van der Waals surface area contributed by atoms with Gasteiger partial charge in [-0.05, 0) is 12.5 Å². The molecule has 3 rings (SSSR count). The molecule has 0 aliphatic heterocycles. The number of aliphatic hydroxyl groups excluding tert-OH is 1. The molecule has 2 aromatic rings. The molecule has 0 amide bonds. The number of hydrogen-bond acceptors (Lipinski definition) is 9. The largest absolute Gasteiger partial charge is 0.513 e. The standard InChI is InChI=1S/C23H22N2O8S/c1-3-32-22(27)33-21-19(26)13-17(15-9-5-4-6-10-15)23(14-24,34(2,30)31)20(21)16-11-7-8-12-18(16)25(28)29/h4-12,17,20,26H,3,13H2,1-2H3. The van der Waals surface area contributed by atoms with Crippen molar-refractivity contribution in [3.05, 3.63) is 87.4 Å². The number of ether oxygens (including phenoxy) is 2. The molecule has 2 aromatic carbocycles. The van der Waals surface area contributed by atoms with Crippen LogP contribution in [0.25, 0.3) is 0 Å². The molecule has 34 heavy (non-hydrogen) atoms. The quantitative estimate of drug-likeness (QED) is 0.360. The highest BCUT2D eigenvalue weighted by Crippen LogP contribution is 2.56. The number of para-hydroxylation sites is 1. The molecular formula is C23H22N2O8S. The molecule has 0 aromatic heterocycles. The Morgan fingerprint density at radius 2 is 1.85 bits per heavy atom. The molecule has 11 heteroatoms. The van der Waals surface area contributed by atoms with Crippen LogP contribution in [0.4, 0.5) is 10.5 Å². The lowest BCUT2D eigenvalue weighted by molar-refractivity contribution is -0.385. The van der Waals surface area contributed by atoms with Crippen LogP contribution < -0.4 is 0 Å². The minimum Gasteiger partial charge on any atom is -0.509 e. The van der Waals surface area contributed by atoms with Crippen molar-refractivity contribution in [2.45, 2.75) is 29.9 Å². The average molecular weight is 487 g/mol. The van der Waals surface area contributed by atoms with Crippen LogP contribution in [-0.2, 0) is 19.3 Å². The molecule has 178 valence electrons. The first kappa shape index (κ1) is 24.7. The van der Waals surface area contributed by atoms with Crippen molar-refractivity contribution in [2.24, 2.45) is 0 Å². The number of nitro groups is 1. The van der Waals surface area contributed by atoms with Crippen molar-refractivity contribution in [1.82, 2.24) is 0 Å². The highest BCUT2D eigenvalue weighted by molar-refractivity contribution is 7.92. The third-order valence-electron chi connectivity index (χ3n) is 5.78. The van der Waals surface area contributed by atoms with E-state index in [9.17, 15) is 33.7 Å². The fourth-order valence-corrected chi connectivity index (χ4v) is 5.95. The summed E-state index contributed by atoms with van der Waals surface area (Å²) in [6, 6.07) is 15.3. The van der Waals surface area contributed by atoms with Crippen molar-refractivity contribution < 1.29 is 32.7 Å². The second kappa shape index (κ2) is 9.52. The van der Waals surface area contributed by atoms with E-state index in [1.807, 2.05) is 6.07 Å². The number of rotatable bonds is 6. The van der Waals surface area contributed by atoms with Crippen LogP contribution in [0.5, 0.6) is 0 Å². The number of nitriles is 1. The molecule has 0 radical (unpaired) electrons. The molecule has 3 unspecified atom stereocenters. The van der Waals surface area contributed by atoms with Gasteiger partial charge in [0, 0.05) is 30.2 Å². The van der Waals surface area contributed by atoms with Gasteiger partial charge in [0.15, 0.2) is 20.3 Å². The minimum absolute atomic E-state index is 0.0782. The van der Waals surface area contributed by atoms with E-state index in [0.717, 1.165) is 12.3 Å². The Morgan fingerprint density at radius 1 is 1.24 bits per heavy atom. The molecule has 0 saturated heterocycles. The van der Waals surface area contributed by atoms with Crippen molar-refractivity contribution in [2.75, 3.05) is 12.9 Å². The molecule has 1 aliphatic rings. The van der Waals surface area contributed by atoms with E-state index in [2.05, 4.69) is 0 Å². The molecule has 10 nitrogen and oxygen atoms in total. The van der Waals surface area contributed by atoms with Crippen molar-refractivity contribution in [3.63, 3.8) is 0 Å². The van der Waals surface area contributed by atoms with Gasteiger partial charge in [-0.15, -0.1) is 0 Å². The maximum absolute atomic E-state index is 13.4. The summed E-state index contributed by atoms with van der Waals surface area (Å²) in [4.78, 5) is 23.3. The van der Waals surface area contributed by atoms with Gasteiger partial charge in [0.2, 0.25) is 0 Å². The highest BCUT2D eigenvalue weighted by Gasteiger charge is 2.62. The van der Waals surface area contributed by atoms with Gasteiger partial charge in [0.25, 0.3) is 5.69 Å². The number of nitro benzene ring substituents is 1. The molecule has 0 heterocycles. The molecular weight excluding hydrogens is 464 g/mol. The lowest BCUT2D eigenvalue weighted by Gasteiger charge is -2.43. The molecule has 0 spiro atoms. The third kappa shape index (κ3) is 4.20. The first-order valence-electron chi connectivity index (χ1n) is 10.2. The Hall–Kier alpha value is -3.91. The number of sulfone groups is 1. The van der Waals surface area contributed by atoms with Crippen LogP contribution >= 0.6 is 0 Å². The SMILES string of the molecule is CCOC(=O)OC1=C(O)CC(c2ccccc2)C(C#N)(S(C)(=O)=O)C1c1ccccc1[N+](=O)[O-]. The third-order valence-corrected chi connectivity index (χ3v) is 7.62. The number of carbonyl (C=O) groups is 1. The lowest BCUT2D eigenvalue weighted by atomic mass is 9.68. The van der Waals surface area contributed by atoms with Crippen LogP contribution in [0, 0.1) is 21.4 Å². The number of hydrogen-bond donors (Lipinski definition) is 1. The topological polar surface area (TPSA) is 157 Å². The van der Waals surface area contributed by atoms with Gasteiger partial charge in [0.05, 0.1) is 23.5 Å². The Kier molecular flexibility index (Phi) is 6.93. The molecule has 0 fully saturated rings. The Bertz CT molecular complexity index is 1280. The Morgan fingerprint density at radius 3 is 2.41 bits per heavy atom. The van der Waals surface area contributed by atoms with E-state index in [-0.39, 0.29) is 18.6 Å².